The van der Waals surface area contributed by atoms with Gasteiger partial charge in [-0.05, 0) is 38.3 Å². The number of halogens is 1. The molecule has 0 saturated carbocycles. The fourth-order valence-electron chi connectivity index (χ4n) is 3.68. The van der Waals surface area contributed by atoms with Crippen molar-refractivity contribution in [3.05, 3.63) is 63.5 Å². The number of aryl methyl sites for hydroxylation is 3. The maximum atomic E-state index is 9.81. The van der Waals surface area contributed by atoms with Crippen LogP contribution in [0, 0.1) is 25.2 Å². The molecule has 0 bridgehead atoms. The van der Waals surface area contributed by atoms with E-state index in [1.165, 1.54) is 12.0 Å². The second-order valence-corrected chi connectivity index (χ2v) is 7.86. The number of allylic oxidation sites excluding steroid dienone is 1. The van der Waals surface area contributed by atoms with E-state index in [0.29, 0.717) is 23.1 Å². The van der Waals surface area contributed by atoms with E-state index >= 15 is 0 Å². The average Bonchev–Trinajstić information content (AvgIpc) is 3.12. The summed E-state index contributed by atoms with van der Waals surface area (Å²) in [6, 6.07) is 10.6. The minimum atomic E-state index is 0.463. The zero-order chi connectivity index (χ0) is 20.4. The van der Waals surface area contributed by atoms with Crippen LogP contribution in [0.25, 0.3) is 11.6 Å². The van der Waals surface area contributed by atoms with Crippen LogP contribution in [0.3, 0.4) is 0 Å². The van der Waals surface area contributed by atoms with E-state index in [0.717, 1.165) is 48.5 Å². The molecule has 1 aliphatic heterocycles. The van der Waals surface area contributed by atoms with Gasteiger partial charge in [-0.15, -0.1) is 10.2 Å². The van der Waals surface area contributed by atoms with Gasteiger partial charge in [0.05, 0.1) is 17.8 Å². The molecule has 6 nitrogen and oxygen atoms in total. The Bertz CT molecular complexity index is 1100. The van der Waals surface area contributed by atoms with Crippen molar-refractivity contribution in [3.8, 4) is 6.07 Å². The minimum absolute atomic E-state index is 0.463. The van der Waals surface area contributed by atoms with Crippen LogP contribution >= 0.6 is 11.6 Å². The molecule has 148 valence electrons. The van der Waals surface area contributed by atoms with Gasteiger partial charge in [-0.3, -0.25) is 0 Å². The topological polar surface area (TPSA) is 72.3 Å². The first-order valence-electron chi connectivity index (χ1n) is 9.89. The van der Waals surface area contributed by atoms with Crippen LogP contribution in [0.2, 0.25) is 5.15 Å². The smallest absolute Gasteiger partial charge is 0.174 e. The molecule has 29 heavy (non-hydrogen) atoms. The van der Waals surface area contributed by atoms with E-state index in [-0.39, 0.29) is 0 Å². The zero-order valence-corrected chi connectivity index (χ0v) is 17.4. The standard InChI is InChI=1S/C22H23ClN6/c1-15-7-9-17(10-8-15)14-29-21(23)19(16(2)27-29)12-18(13-24)22-26-25-20-6-4-3-5-11-28(20)22/h7-10,12H,3-6,11,14H2,1-2H3/b18-12+. The molecule has 0 N–H and O–H groups in total. The van der Waals surface area contributed by atoms with E-state index < -0.39 is 0 Å². The zero-order valence-electron chi connectivity index (χ0n) is 16.7. The molecule has 2 aromatic heterocycles. The highest BCUT2D eigenvalue weighted by Gasteiger charge is 2.20. The molecule has 0 saturated heterocycles. The van der Waals surface area contributed by atoms with E-state index in [2.05, 4.69) is 57.1 Å². The SMILES string of the molecule is Cc1ccc(Cn2nc(C)c(/C=C(\C#N)c3nnc4n3CCCCC4)c2Cl)cc1. The molecule has 1 aromatic carbocycles. The van der Waals surface area contributed by atoms with Crippen LogP contribution in [0.4, 0.5) is 0 Å². The highest BCUT2D eigenvalue weighted by atomic mass is 35.5. The fourth-order valence-corrected chi connectivity index (χ4v) is 3.97. The Labute approximate surface area is 175 Å². The van der Waals surface area contributed by atoms with Crippen molar-refractivity contribution in [2.24, 2.45) is 0 Å². The van der Waals surface area contributed by atoms with Crippen LogP contribution in [-0.4, -0.2) is 24.5 Å². The summed E-state index contributed by atoms with van der Waals surface area (Å²) in [5, 5.41) is 23.5. The second-order valence-electron chi connectivity index (χ2n) is 7.51. The van der Waals surface area contributed by atoms with Crippen LogP contribution in [0.5, 0.6) is 0 Å². The lowest BCUT2D eigenvalue weighted by Crippen LogP contribution is -2.05. The third kappa shape index (κ3) is 3.96. The summed E-state index contributed by atoms with van der Waals surface area (Å²) in [5.41, 5.74) is 4.34. The van der Waals surface area contributed by atoms with E-state index in [1.54, 1.807) is 10.8 Å². The molecule has 3 heterocycles. The summed E-state index contributed by atoms with van der Waals surface area (Å²) >= 11 is 6.65. The molecule has 4 rings (SSSR count). The van der Waals surface area contributed by atoms with Gasteiger partial charge in [-0.1, -0.05) is 47.9 Å². The van der Waals surface area contributed by atoms with Gasteiger partial charge in [0.2, 0.25) is 0 Å². The molecule has 0 unspecified atom stereocenters. The quantitative estimate of drug-likeness (QED) is 0.594. The maximum Gasteiger partial charge on any atom is 0.174 e. The Hall–Kier alpha value is -2.91. The lowest BCUT2D eigenvalue weighted by atomic mass is 10.1. The number of nitriles is 1. The van der Waals surface area contributed by atoms with Crippen LogP contribution in [-0.2, 0) is 19.5 Å². The van der Waals surface area contributed by atoms with Gasteiger partial charge in [0, 0.05) is 18.5 Å². The van der Waals surface area contributed by atoms with Crippen molar-refractivity contribution in [1.82, 2.24) is 24.5 Å². The summed E-state index contributed by atoms with van der Waals surface area (Å²) in [6.07, 6.45) is 6.05. The number of rotatable bonds is 4. The molecule has 0 atom stereocenters. The predicted octanol–water partition coefficient (Wildman–Crippen LogP) is 4.58. The molecule has 0 radical (unpaired) electrons. The Morgan fingerprint density at radius 1 is 1.17 bits per heavy atom. The van der Waals surface area contributed by atoms with Gasteiger partial charge in [0.1, 0.15) is 17.0 Å². The molecular formula is C22H23ClN6. The number of benzene rings is 1. The van der Waals surface area contributed by atoms with Gasteiger partial charge in [0.15, 0.2) is 5.82 Å². The number of fused-ring (bicyclic) bond motifs is 1. The first-order chi connectivity index (χ1) is 14.1. The third-order valence-electron chi connectivity index (χ3n) is 5.32. The first-order valence-corrected chi connectivity index (χ1v) is 10.3. The summed E-state index contributed by atoms with van der Waals surface area (Å²) in [7, 11) is 0. The molecule has 1 aliphatic rings. The van der Waals surface area contributed by atoms with Crippen molar-refractivity contribution >= 4 is 23.3 Å². The minimum Gasteiger partial charge on any atom is -0.310 e. The van der Waals surface area contributed by atoms with E-state index in [9.17, 15) is 5.26 Å². The van der Waals surface area contributed by atoms with Crippen molar-refractivity contribution in [3.63, 3.8) is 0 Å². The first kappa shape index (κ1) is 19.4. The van der Waals surface area contributed by atoms with Gasteiger partial charge in [0.25, 0.3) is 0 Å². The molecular weight excluding hydrogens is 384 g/mol. The molecule has 0 aliphatic carbocycles. The lowest BCUT2D eigenvalue weighted by Gasteiger charge is -2.06. The summed E-state index contributed by atoms with van der Waals surface area (Å²) in [5.74, 6) is 1.57. The van der Waals surface area contributed by atoms with E-state index in [1.807, 2.05) is 6.92 Å². The van der Waals surface area contributed by atoms with Crippen molar-refractivity contribution in [2.45, 2.75) is 52.6 Å². The highest BCUT2D eigenvalue weighted by molar-refractivity contribution is 6.31. The van der Waals surface area contributed by atoms with Gasteiger partial charge >= 0.3 is 0 Å². The summed E-state index contributed by atoms with van der Waals surface area (Å²) in [6.45, 7) is 5.39. The lowest BCUT2D eigenvalue weighted by molar-refractivity contribution is 0.627. The Morgan fingerprint density at radius 3 is 2.72 bits per heavy atom. The summed E-state index contributed by atoms with van der Waals surface area (Å²) in [4.78, 5) is 0. The molecule has 0 amide bonds. The van der Waals surface area contributed by atoms with E-state index in [4.69, 9.17) is 11.6 Å². The Balaban J connectivity index is 1.68. The Morgan fingerprint density at radius 2 is 1.97 bits per heavy atom. The maximum absolute atomic E-state index is 9.81. The largest absolute Gasteiger partial charge is 0.310 e. The third-order valence-corrected chi connectivity index (χ3v) is 5.72. The fraction of sp³-hybridized carbons (Fsp3) is 0.364. The van der Waals surface area contributed by atoms with Gasteiger partial charge in [-0.25, -0.2) is 4.68 Å². The molecule has 0 fully saturated rings. The molecule has 0 spiro atoms. The average molecular weight is 407 g/mol. The molecule has 7 heteroatoms. The number of nitrogens with zero attached hydrogens (tertiary/aromatic N) is 6. The van der Waals surface area contributed by atoms with Crippen molar-refractivity contribution < 1.29 is 0 Å². The number of aromatic nitrogens is 5. The highest BCUT2D eigenvalue weighted by Crippen LogP contribution is 2.27. The predicted molar refractivity (Wildman–Crippen MR) is 113 cm³/mol. The van der Waals surface area contributed by atoms with Crippen molar-refractivity contribution in [2.75, 3.05) is 0 Å². The second kappa shape index (κ2) is 8.22. The van der Waals surface area contributed by atoms with Crippen LogP contribution < -0.4 is 0 Å². The van der Waals surface area contributed by atoms with Gasteiger partial charge in [-0.2, -0.15) is 10.4 Å². The van der Waals surface area contributed by atoms with Crippen LogP contribution in [0.1, 0.15) is 53.3 Å². The Kier molecular flexibility index (Phi) is 5.50. The van der Waals surface area contributed by atoms with Crippen LogP contribution in [0.15, 0.2) is 24.3 Å². The summed E-state index contributed by atoms with van der Waals surface area (Å²) < 4.78 is 3.84. The monoisotopic (exact) mass is 406 g/mol. The van der Waals surface area contributed by atoms with Gasteiger partial charge < -0.3 is 4.57 Å². The molecule has 3 aromatic rings. The van der Waals surface area contributed by atoms with Crippen molar-refractivity contribution in [1.29, 1.82) is 5.26 Å². The number of hydrogen-bond acceptors (Lipinski definition) is 4. The number of hydrogen-bond donors (Lipinski definition) is 0. The normalized spacial score (nSPS) is 14.3.